The predicted molar refractivity (Wildman–Crippen MR) is 55.7 cm³/mol. The first-order valence-electron chi connectivity index (χ1n) is 4.22. The van der Waals surface area contributed by atoms with Crippen molar-refractivity contribution in [3.8, 4) is 0 Å². The average Bonchev–Trinajstić information content (AvgIpc) is 2.60. The third-order valence-corrected chi connectivity index (χ3v) is 3.69. The Morgan fingerprint density at radius 1 is 1.33 bits per heavy atom. The second-order valence-electron chi connectivity index (χ2n) is 2.85. The van der Waals surface area contributed by atoms with E-state index in [1.807, 2.05) is 13.8 Å². The minimum atomic E-state index is -0.0567. The summed E-state index contributed by atoms with van der Waals surface area (Å²) in [6.45, 7) is 5.38. The van der Waals surface area contributed by atoms with Gasteiger partial charge in [-0.2, -0.15) is 0 Å². The van der Waals surface area contributed by atoms with E-state index in [4.69, 9.17) is 9.47 Å². The largest absolute Gasteiger partial charge is 0.353 e. The van der Waals surface area contributed by atoms with Crippen LogP contribution in [-0.4, -0.2) is 22.7 Å². The van der Waals surface area contributed by atoms with Crippen LogP contribution in [0.5, 0.6) is 0 Å². The Labute approximate surface area is 90.3 Å². The summed E-state index contributed by atoms with van der Waals surface area (Å²) in [5.74, 6) is 0.442. The fourth-order valence-corrected chi connectivity index (χ4v) is 2.27. The van der Waals surface area contributed by atoms with Crippen LogP contribution in [0.3, 0.4) is 0 Å². The highest BCUT2D eigenvalue weighted by Gasteiger charge is 2.55. The Hall–Kier alpha value is 0.880. The van der Waals surface area contributed by atoms with Gasteiger partial charge in [-0.05, 0) is 20.3 Å². The van der Waals surface area contributed by atoms with E-state index in [1.165, 1.54) is 0 Å². The summed E-state index contributed by atoms with van der Waals surface area (Å²) in [6, 6.07) is 0. The van der Waals surface area contributed by atoms with Gasteiger partial charge in [0.05, 0.1) is 3.23 Å². The molecule has 0 bridgehead atoms. The first-order chi connectivity index (χ1) is 5.61. The highest BCUT2D eigenvalue weighted by atomic mass is 79.9. The lowest BCUT2D eigenvalue weighted by Gasteiger charge is -2.17. The molecule has 4 heteroatoms. The Bertz CT molecular complexity index is 144. The Morgan fingerprint density at radius 2 is 1.75 bits per heavy atom. The summed E-state index contributed by atoms with van der Waals surface area (Å²) in [5.41, 5.74) is 0. The van der Waals surface area contributed by atoms with E-state index in [2.05, 4.69) is 31.9 Å². The molecule has 0 aliphatic heterocycles. The van der Waals surface area contributed by atoms with Crippen molar-refractivity contribution < 1.29 is 9.47 Å². The summed E-state index contributed by atoms with van der Waals surface area (Å²) in [5, 5.41) is 0. The van der Waals surface area contributed by atoms with Crippen molar-refractivity contribution in [3.63, 3.8) is 0 Å². The van der Waals surface area contributed by atoms with Crippen LogP contribution in [0, 0.1) is 5.92 Å². The van der Waals surface area contributed by atoms with E-state index in [0.29, 0.717) is 19.1 Å². The van der Waals surface area contributed by atoms with Gasteiger partial charge in [0.15, 0.2) is 6.29 Å². The number of halogens is 2. The molecule has 72 valence electrons. The van der Waals surface area contributed by atoms with Crippen molar-refractivity contribution in [2.75, 3.05) is 13.2 Å². The van der Waals surface area contributed by atoms with Gasteiger partial charge in [0.2, 0.25) is 0 Å². The lowest BCUT2D eigenvalue weighted by molar-refractivity contribution is -0.148. The maximum absolute atomic E-state index is 5.46. The molecule has 0 spiro atoms. The van der Waals surface area contributed by atoms with Gasteiger partial charge >= 0.3 is 0 Å². The molecular formula is C8H14Br2O2. The minimum Gasteiger partial charge on any atom is -0.353 e. The Kier molecular flexibility index (Phi) is 4.02. The van der Waals surface area contributed by atoms with Gasteiger partial charge in [0.25, 0.3) is 0 Å². The number of alkyl halides is 2. The molecule has 0 amide bonds. The molecule has 0 aromatic rings. The molecule has 1 aliphatic rings. The zero-order chi connectivity index (χ0) is 9.19. The molecule has 1 unspecified atom stereocenters. The molecule has 0 aromatic carbocycles. The summed E-state index contributed by atoms with van der Waals surface area (Å²) < 4.78 is 11.0. The monoisotopic (exact) mass is 300 g/mol. The van der Waals surface area contributed by atoms with Crippen LogP contribution in [0.15, 0.2) is 0 Å². The van der Waals surface area contributed by atoms with Gasteiger partial charge in [0, 0.05) is 19.1 Å². The van der Waals surface area contributed by atoms with Gasteiger partial charge in [0.1, 0.15) is 0 Å². The van der Waals surface area contributed by atoms with Crippen molar-refractivity contribution in [3.05, 3.63) is 0 Å². The van der Waals surface area contributed by atoms with Crippen LogP contribution in [0.4, 0.5) is 0 Å². The van der Waals surface area contributed by atoms with Crippen LogP contribution in [0.1, 0.15) is 20.3 Å². The molecule has 0 aromatic heterocycles. The molecule has 0 heterocycles. The molecule has 1 atom stereocenters. The zero-order valence-electron chi connectivity index (χ0n) is 7.35. The lowest BCUT2D eigenvalue weighted by Crippen LogP contribution is -2.22. The molecule has 12 heavy (non-hydrogen) atoms. The first kappa shape index (κ1) is 11.0. The van der Waals surface area contributed by atoms with Crippen molar-refractivity contribution in [2.45, 2.75) is 29.8 Å². The molecule has 1 aliphatic carbocycles. The van der Waals surface area contributed by atoms with Crippen molar-refractivity contribution in [2.24, 2.45) is 5.92 Å². The number of rotatable bonds is 5. The molecular weight excluding hydrogens is 288 g/mol. The maximum atomic E-state index is 5.46. The lowest BCUT2D eigenvalue weighted by atomic mass is 10.4. The predicted octanol–water partition coefficient (Wildman–Crippen LogP) is 2.89. The number of hydrogen-bond donors (Lipinski definition) is 0. The number of ether oxygens (including phenoxy) is 2. The van der Waals surface area contributed by atoms with E-state index in [9.17, 15) is 0 Å². The van der Waals surface area contributed by atoms with E-state index in [0.717, 1.165) is 6.42 Å². The smallest absolute Gasteiger partial charge is 0.162 e. The zero-order valence-corrected chi connectivity index (χ0v) is 10.5. The van der Waals surface area contributed by atoms with Crippen molar-refractivity contribution >= 4 is 31.9 Å². The van der Waals surface area contributed by atoms with E-state index in [-0.39, 0.29) is 9.52 Å². The van der Waals surface area contributed by atoms with E-state index >= 15 is 0 Å². The molecule has 1 fully saturated rings. The Morgan fingerprint density at radius 3 is 2.00 bits per heavy atom. The topological polar surface area (TPSA) is 18.5 Å². The van der Waals surface area contributed by atoms with Crippen LogP contribution >= 0.6 is 31.9 Å². The second-order valence-corrected chi connectivity index (χ2v) is 6.75. The summed E-state index contributed by atoms with van der Waals surface area (Å²) in [6.07, 6.45) is 1.01. The summed E-state index contributed by atoms with van der Waals surface area (Å²) in [4.78, 5) is 0. The van der Waals surface area contributed by atoms with E-state index < -0.39 is 0 Å². The molecule has 0 radical (unpaired) electrons. The fraction of sp³-hybridized carbons (Fsp3) is 1.00. The van der Waals surface area contributed by atoms with E-state index in [1.54, 1.807) is 0 Å². The highest BCUT2D eigenvalue weighted by Crippen LogP contribution is 2.58. The average molecular weight is 302 g/mol. The van der Waals surface area contributed by atoms with Crippen LogP contribution in [-0.2, 0) is 9.47 Å². The maximum Gasteiger partial charge on any atom is 0.162 e. The normalized spacial score (nSPS) is 26.2. The Balaban J connectivity index is 2.34. The van der Waals surface area contributed by atoms with Crippen LogP contribution in [0.25, 0.3) is 0 Å². The van der Waals surface area contributed by atoms with Gasteiger partial charge in [-0.15, -0.1) is 0 Å². The minimum absolute atomic E-state index is 0.0567. The van der Waals surface area contributed by atoms with Gasteiger partial charge in [-0.3, -0.25) is 0 Å². The summed E-state index contributed by atoms with van der Waals surface area (Å²) in [7, 11) is 0. The third kappa shape index (κ3) is 2.69. The fourth-order valence-electron chi connectivity index (χ4n) is 1.14. The van der Waals surface area contributed by atoms with Crippen LogP contribution in [0.2, 0.25) is 0 Å². The molecule has 0 saturated heterocycles. The molecule has 2 nitrogen and oxygen atoms in total. The SMILES string of the molecule is CCOC(OCC)C1CC1(Br)Br. The number of hydrogen-bond acceptors (Lipinski definition) is 2. The molecule has 1 saturated carbocycles. The first-order valence-corrected chi connectivity index (χ1v) is 5.81. The highest BCUT2D eigenvalue weighted by molar-refractivity contribution is 9.25. The van der Waals surface area contributed by atoms with Gasteiger partial charge < -0.3 is 9.47 Å². The molecule has 0 N–H and O–H groups in total. The van der Waals surface area contributed by atoms with Crippen molar-refractivity contribution in [1.29, 1.82) is 0 Å². The summed E-state index contributed by atoms with van der Waals surface area (Å²) >= 11 is 7.10. The second kappa shape index (κ2) is 4.40. The third-order valence-electron chi connectivity index (χ3n) is 1.86. The quantitative estimate of drug-likeness (QED) is 0.574. The van der Waals surface area contributed by atoms with Gasteiger partial charge in [-0.1, -0.05) is 31.9 Å². The standard InChI is InChI=1S/C8H14Br2O2/c1-3-11-7(12-4-2)6-5-8(6,9)10/h6-7H,3-5H2,1-2H3. The van der Waals surface area contributed by atoms with Crippen LogP contribution < -0.4 is 0 Å². The van der Waals surface area contributed by atoms with Crippen molar-refractivity contribution in [1.82, 2.24) is 0 Å². The molecule has 1 rings (SSSR count). The van der Waals surface area contributed by atoms with Gasteiger partial charge in [-0.25, -0.2) is 0 Å².